The minimum Gasteiger partial charge on any atom is -0.393 e. The van der Waals surface area contributed by atoms with Gasteiger partial charge in [0.15, 0.2) is 0 Å². The van der Waals surface area contributed by atoms with Gasteiger partial charge in [0.2, 0.25) is 0 Å². The van der Waals surface area contributed by atoms with Crippen molar-refractivity contribution in [3.63, 3.8) is 0 Å². The van der Waals surface area contributed by atoms with Crippen molar-refractivity contribution in [1.29, 1.82) is 0 Å². The first-order valence-corrected chi connectivity index (χ1v) is 11.7. The third kappa shape index (κ3) is 2.72. The molecule has 0 bridgehead atoms. The van der Waals surface area contributed by atoms with Crippen molar-refractivity contribution in [2.24, 2.45) is 46.3 Å². The molecule has 10 atom stereocenters. The molecule has 26 heavy (non-hydrogen) atoms. The van der Waals surface area contributed by atoms with Crippen molar-refractivity contribution >= 4 is 0 Å². The summed E-state index contributed by atoms with van der Waals surface area (Å²) < 4.78 is 0. The Labute approximate surface area is 161 Å². The maximum Gasteiger partial charge on any atom is 0.0577 e. The van der Waals surface area contributed by atoms with Gasteiger partial charge in [0, 0.05) is 0 Å². The second-order valence-corrected chi connectivity index (χ2v) is 11.2. The lowest BCUT2D eigenvalue weighted by molar-refractivity contribution is -0.172. The van der Waals surface area contributed by atoms with E-state index in [4.69, 9.17) is 0 Å². The quantitative estimate of drug-likeness (QED) is 0.704. The summed E-state index contributed by atoms with van der Waals surface area (Å²) in [5.74, 6) is 4.40. The summed E-state index contributed by atoms with van der Waals surface area (Å²) >= 11 is 0. The van der Waals surface area contributed by atoms with Gasteiger partial charge in [-0.25, -0.2) is 0 Å². The van der Waals surface area contributed by atoms with E-state index in [1.165, 1.54) is 38.5 Å². The van der Waals surface area contributed by atoms with Gasteiger partial charge in [-0.3, -0.25) is 0 Å². The Bertz CT molecular complexity index is 518. The lowest BCUT2D eigenvalue weighted by Gasteiger charge is -2.62. The topological polar surface area (TPSA) is 40.5 Å². The first-order valence-electron chi connectivity index (χ1n) is 11.7. The van der Waals surface area contributed by atoms with E-state index in [1.807, 2.05) is 0 Å². The van der Waals surface area contributed by atoms with Crippen LogP contribution in [-0.2, 0) is 0 Å². The Morgan fingerprint density at radius 2 is 1.58 bits per heavy atom. The third-order valence-corrected chi connectivity index (χ3v) is 10.2. The Kier molecular flexibility index (Phi) is 5.01. The number of aliphatic hydroxyl groups is 2. The molecule has 4 fully saturated rings. The lowest BCUT2D eigenvalue weighted by atomic mass is 9.44. The molecule has 2 nitrogen and oxygen atoms in total. The molecular formula is C24H42O2. The molecule has 0 saturated heterocycles. The summed E-state index contributed by atoms with van der Waals surface area (Å²) in [6.07, 6.45) is 11.8. The van der Waals surface area contributed by atoms with Gasteiger partial charge in [0.05, 0.1) is 12.2 Å². The average molecular weight is 363 g/mol. The molecule has 2 N–H and O–H groups in total. The van der Waals surface area contributed by atoms with Crippen LogP contribution in [0.25, 0.3) is 0 Å². The zero-order valence-corrected chi connectivity index (χ0v) is 17.6. The number of rotatable bonds is 3. The van der Waals surface area contributed by atoms with Crippen molar-refractivity contribution in [2.75, 3.05) is 0 Å². The molecule has 0 heterocycles. The highest BCUT2D eigenvalue weighted by Gasteiger charge is 2.62. The van der Waals surface area contributed by atoms with E-state index in [-0.39, 0.29) is 17.6 Å². The number of fused-ring (bicyclic) bond motifs is 5. The van der Waals surface area contributed by atoms with Gasteiger partial charge < -0.3 is 10.2 Å². The number of hydrogen-bond acceptors (Lipinski definition) is 2. The maximum atomic E-state index is 11.1. The summed E-state index contributed by atoms with van der Waals surface area (Å²) in [5.41, 5.74) is 0.767. The molecule has 0 aromatic carbocycles. The number of hydrogen-bond donors (Lipinski definition) is 2. The smallest absolute Gasteiger partial charge is 0.0577 e. The first kappa shape index (κ1) is 19.2. The van der Waals surface area contributed by atoms with Crippen molar-refractivity contribution in [3.05, 3.63) is 0 Å². The largest absolute Gasteiger partial charge is 0.393 e. The van der Waals surface area contributed by atoms with Gasteiger partial charge in [-0.15, -0.1) is 0 Å². The van der Waals surface area contributed by atoms with Crippen LogP contribution in [0.15, 0.2) is 0 Å². The fraction of sp³-hybridized carbons (Fsp3) is 1.00. The van der Waals surface area contributed by atoms with Crippen molar-refractivity contribution in [1.82, 2.24) is 0 Å². The molecule has 0 aliphatic heterocycles. The Balaban J connectivity index is 1.60. The second-order valence-electron chi connectivity index (χ2n) is 11.2. The monoisotopic (exact) mass is 362 g/mol. The van der Waals surface area contributed by atoms with Gasteiger partial charge in [0.25, 0.3) is 0 Å². The predicted octanol–water partition coefficient (Wildman–Crippen LogP) is 5.41. The molecular weight excluding hydrogens is 320 g/mol. The molecule has 2 heteroatoms. The van der Waals surface area contributed by atoms with Crippen molar-refractivity contribution in [3.8, 4) is 0 Å². The second kappa shape index (κ2) is 6.76. The SMILES string of the molecule is CCCC(C)C1CCC2C3C[C@H](O)C4C[C@H](O)CCC4(C)C3CCC12C. The van der Waals surface area contributed by atoms with Crippen LogP contribution in [0.4, 0.5) is 0 Å². The molecule has 8 unspecified atom stereocenters. The Hall–Kier alpha value is -0.0800. The molecule has 4 saturated carbocycles. The zero-order chi connectivity index (χ0) is 18.7. The molecule has 4 rings (SSSR count). The minimum atomic E-state index is -0.189. The Morgan fingerprint density at radius 1 is 0.885 bits per heavy atom. The van der Waals surface area contributed by atoms with Crippen LogP contribution in [-0.4, -0.2) is 22.4 Å². The molecule has 0 amide bonds. The van der Waals surface area contributed by atoms with Crippen LogP contribution in [0.1, 0.15) is 91.9 Å². The minimum absolute atomic E-state index is 0.182. The van der Waals surface area contributed by atoms with E-state index < -0.39 is 0 Å². The van der Waals surface area contributed by atoms with Crippen LogP contribution >= 0.6 is 0 Å². The van der Waals surface area contributed by atoms with E-state index in [9.17, 15) is 10.2 Å². The van der Waals surface area contributed by atoms with Crippen molar-refractivity contribution in [2.45, 2.75) is 104 Å². The molecule has 0 aromatic heterocycles. The van der Waals surface area contributed by atoms with Crippen molar-refractivity contribution < 1.29 is 10.2 Å². The Morgan fingerprint density at radius 3 is 2.31 bits per heavy atom. The third-order valence-electron chi connectivity index (χ3n) is 10.2. The summed E-state index contributed by atoms with van der Waals surface area (Å²) in [6, 6.07) is 0. The van der Waals surface area contributed by atoms with Crippen LogP contribution in [0, 0.1) is 46.3 Å². The van der Waals surface area contributed by atoms with E-state index in [1.54, 1.807) is 0 Å². The van der Waals surface area contributed by atoms with Gasteiger partial charge in [0.1, 0.15) is 0 Å². The molecule has 0 radical (unpaired) electrons. The summed E-state index contributed by atoms with van der Waals surface area (Å²) in [5, 5.41) is 21.3. The highest BCUT2D eigenvalue weighted by Crippen LogP contribution is 2.68. The maximum absolute atomic E-state index is 11.1. The van der Waals surface area contributed by atoms with E-state index in [0.29, 0.717) is 11.3 Å². The van der Waals surface area contributed by atoms with Gasteiger partial charge in [-0.2, -0.15) is 0 Å². The summed E-state index contributed by atoms with van der Waals surface area (Å²) in [7, 11) is 0. The van der Waals surface area contributed by atoms with E-state index in [0.717, 1.165) is 55.3 Å². The summed E-state index contributed by atoms with van der Waals surface area (Å²) in [4.78, 5) is 0. The molecule has 0 aromatic rings. The van der Waals surface area contributed by atoms with Gasteiger partial charge in [-0.1, -0.05) is 40.5 Å². The molecule has 4 aliphatic rings. The van der Waals surface area contributed by atoms with Gasteiger partial charge in [-0.05, 0) is 97.7 Å². The highest BCUT2D eigenvalue weighted by molar-refractivity contribution is 5.11. The first-order chi connectivity index (χ1) is 12.3. The van der Waals surface area contributed by atoms with Gasteiger partial charge >= 0.3 is 0 Å². The molecule has 150 valence electrons. The standard InChI is InChI=1S/C24H42O2/c1-5-6-15(2)18-7-8-19-17-14-22(26)21-13-16(25)9-11-24(21,4)20(17)10-12-23(18,19)3/h15-22,25-26H,5-14H2,1-4H3/t15?,16-,17?,18?,19?,20?,21?,22+,23?,24?/m1/s1. The predicted molar refractivity (Wildman–Crippen MR) is 107 cm³/mol. The molecule has 4 aliphatic carbocycles. The normalized spacial score (nSPS) is 54.9. The van der Waals surface area contributed by atoms with E-state index in [2.05, 4.69) is 27.7 Å². The fourth-order valence-corrected chi connectivity index (χ4v) is 8.91. The number of aliphatic hydroxyl groups excluding tert-OH is 2. The average Bonchev–Trinajstić information content (AvgIpc) is 2.94. The van der Waals surface area contributed by atoms with Crippen LogP contribution in [0.3, 0.4) is 0 Å². The van der Waals surface area contributed by atoms with Crippen LogP contribution in [0.2, 0.25) is 0 Å². The molecule has 0 spiro atoms. The van der Waals surface area contributed by atoms with E-state index >= 15 is 0 Å². The summed E-state index contributed by atoms with van der Waals surface area (Å²) in [6.45, 7) is 9.92. The highest BCUT2D eigenvalue weighted by atomic mass is 16.3. The lowest BCUT2D eigenvalue weighted by Crippen LogP contribution is -2.58. The van der Waals surface area contributed by atoms with Crippen LogP contribution < -0.4 is 0 Å². The zero-order valence-electron chi connectivity index (χ0n) is 17.6. The van der Waals surface area contributed by atoms with Crippen LogP contribution in [0.5, 0.6) is 0 Å². The fourth-order valence-electron chi connectivity index (χ4n) is 8.91.